The molecule has 5 nitrogen and oxygen atoms in total. The molecule has 1 aliphatic carbocycles. The number of carbonyl (C=O) groups excluding carboxylic acids is 1. The standard InChI is InChI=1S/C23H26N2O3/c1-14-10-19(22-20(27-3)6-5-7-21(22)28-4)25(23(14)26)13-16-8-9-18-17(12-16)11-15(2)24-18/h5-9,11-12,14,17,19H,10,13H2,1-4H3. The summed E-state index contributed by atoms with van der Waals surface area (Å²) >= 11 is 0. The molecular formula is C23H26N2O3. The number of benzene rings is 1. The summed E-state index contributed by atoms with van der Waals surface area (Å²) in [4.78, 5) is 19.5. The fourth-order valence-electron chi connectivity index (χ4n) is 4.39. The van der Waals surface area contributed by atoms with Crippen LogP contribution in [-0.4, -0.2) is 37.3 Å². The molecule has 3 unspecified atom stereocenters. The first-order chi connectivity index (χ1) is 13.5. The zero-order valence-electron chi connectivity index (χ0n) is 16.8. The summed E-state index contributed by atoms with van der Waals surface area (Å²) in [6.07, 6.45) is 9.27. The van der Waals surface area contributed by atoms with Gasteiger partial charge in [-0.1, -0.05) is 31.2 Å². The molecule has 1 amide bonds. The Bertz CT molecular complexity index is 904. The van der Waals surface area contributed by atoms with E-state index in [4.69, 9.17) is 9.47 Å². The molecule has 0 N–H and O–H groups in total. The van der Waals surface area contributed by atoms with Crippen LogP contribution in [0.5, 0.6) is 11.5 Å². The molecule has 4 rings (SSSR count). The summed E-state index contributed by atoms with van der Waals surface area (Å²) in [6, 6.07) is 5.70. The number of aliphatic imine (C=N–C) groups is 1. The van der Waals surface area contributed by atoms with Gasteiger partial charge in [-0.05, 0) is 37.1 Å². The molecule has 28 heavy (non-hydrogen) atoms. The molecule has 0 bridgehead atoms. The minimum absolute atomic E-state index is 0.0291. The number of carbonyl (C=O) groups is 1. The lowest BCUT2D eigenvalue weighted by atomic mass is 9.94. The first kappa shape index (κ1) is 18.5. The normalized spacial score (nSPS) is 26.0. The number of hydrogen-bond acceptors (Lipinski definition) is 4. The van der Waals surface area contributed by atoms with E-state index in [1.54, 1.807) is 14.2 Å². The van der Waals surface area contributed by atoms with Crippen molar-refractivity contribution in [2.45, 2.75) is 26.3 Å². The predicted molar refractivity (Wildman–Crippen MR) is 110 cm³/mol. The fraction of sp³-hybridized carbons (Fsp3) is 0.391. The third kappa shape index (κ3) is 3.15. The molecule has 0 aromatic heterocycles. The number of ether oxygens (including phenoxy) is 2. The maximum absolute atomic E-state index is 13.0. The van der Waals surface area contributed by atoms with Crippen molar-refractivity contribution in [3.05, 3.63) is 59.3 Å². The number of methoxy groups -OCH3 is 2. The van der Waals surface area contributed by atoms with E-state index in [9.17, 15) is 4.79 Å². The quantitative estimate of drug-likeness (QED) is 0.776. The molecule has 1 aromatic rings. The molecular weight excluding hydrogens is 352 g/mol. The van der Waals surface area contributed by atoms with Crippen LogP contribution in [0.15, 0.2) is 58.8 Å². The molecule has 0 saturated carbocycles. The summed E-state index contributed by atoms with van der Waals surface area (Å²) in [6.45, 7) is 4.58. The molecule has 1 aromatic carbocycles. The Kier molecular flexibility index (Phi) is 4.84. The molecule has 146 valence electrons. The summed E-state index contributed by atoms with van der Waals surface area (Å²) in [5.41, 5.74) is 4.20. The Balaban J connectivity index is 1.67. The number of allylic oxidation sites excluding steroid dienone is 4. The highest BCUT2D eigenvalue weighted by atomic mass is 16.5. The third-order valence-corrected chi connectivity index (χ3v) is 5.74. The van der Waals surface area contributed by atoms with Crippen molar-refractivity contribution < 1.29 is 14.3 Å². The molecule has 3 aliphatic rings. The zero-order valence-corrected chi connectivity index (χ0v) is 16.8. The van der Waals surface area contributed by atoms with E-state index in [-0.39, 0.29) is 23.8 Å². The van der Waals surface area contributed by atoms with Gasteiger partial charge in [0.2, 0.25) is 5.91 Å². The van der Waals surface area contributed by atoms with Crippen LogP contribution in [0.2, 0.25) is 0 Å². The van der Waals surface area contributed by atoms with E-state index in [0.29, 0.717) is 6.54 Å². The number of fused-ring (bicyclic) bond motifs is 1. The van der Waals surface area contributed by atoms with E-state index in [2.05, 4.69) is 29.3 Å². The van der Waals surface area contributed by atoms with Gasteiger partial charge >= 0.3 is 0 Å². The minimum Gasteiger partial charge on any atom is -0.496 e. The molecule has 0 radical (unpaired) electrons. The highest BCUT2D eigenvalue weighted by molar-refractivity contribution is 6.03. The molecule has 2 heterocycles. The SMILES string of the molecule is COc1cccc(OC)c1C1CC(C)C(=O)N1CC1=CC2C=C(C)N=C2C=C1. The minimum atomic E-state index is -0.0705. The Morgan fingerprint density at radius 2 is 1.86 bits per heavy atom. The van der Waals surface area contributed by atoms with Crippen molar-refractivity contribution in [1.82, 2.24) is 4.90 Å². The summed E-state index contributed by atoms with van der Waals surface area (Å²) in [5, 5.41) is 0. The van der Waals surface area contributed by atoms with Crippen molar-refractivity contribution in [3.63, 3.8) is 0 Å². The Morgan fingerprint density at radius 1 is 1.14 bits per heavy atom. The van der Waals surface area contributed by atoms with Crippen LogP contribution in [0.4, 0.5) is 0 Å². The van der Waals surface area contributed by atoms with Gasteiger partial charge in [-0.15, -0.1) is 0 Å². The monoisotopic (exact) mass is 378 g/mol. The van der Waals surface area contributed by atoms with Crippen LogP contribution in [0, 0.1) is 11.8 Å². The third-order valence-electron chi connectivity index (χ3n) is 5.74. The highest BCUT2D eigenvalue weighted by Gasteiger charge is 2.40. The second-order valence-electron chi connectivity index (χ2n) is 7.64. The molecule has 5 heteroatoms. The number of amides is 1. The highest BCUT2D eigenvalue weighted by Crippen LogP contribution is 2.45. The van der Waals surface area contributed by atoms with Crippen LogP contribution < -0.4 is 9.47 Å². The van der Waals surface area contributed by atoms with Crippen LogP contribution >= 0.6 is 0 Å². The van der Waals surface area contributed by atoms with Gasteiger partial charge in [0.25, 0.3) is 0 Å². The average molecular weight is 378 g/mol. The van der Waals surface area contributed by atoms with Gasteiger partial charge in [0, 0.05) is 24.1 Å². The number of nitrogens with zero attached hydrogens (tertiary/aromatic N) is 2. The van der Waals surface area contributed by atoms with Crippen molar-refractivity contribution in [2.24, 2.45) is 16.8 Å². The second-order valence-corrected chi connectivity index (χ2v) is 7.64. The fourth-order valence-corrected chi connectivity index (χ4v) is 4.39. The van der Waals surface area contributed by atoms with E-state index in [1.165, 1.54) is 0 Å². The van der Waals surface area contributed by atoms with Gasteiger partial charge in [-0.3, -0.25) is 9.79 Å². The molecule has 1 fully saturated rings. The summed E-state index contributed by atoms with van der Waals surface area (Å²) in [7, 11) is 3.32. The number of likely N-dealkylation sites (tertiary alicyclic amines) is 1. The molecule has 3 atom stereocenters. The van der Waals surface area contributed by atoms with Crippen LogP contribution in [0.1, 0.15) is 31.9 Å². The van der Waals surface area contributed by atoms with Gasteiger partial charge in [0.15, 0.2) is 0 Å². The molecule has 2 aliphatic heterocycles. The van der Waals surface area contributed by atoms with E-state index < -0.39 is 0 Å². The Hall–Kier alpha value is -2.82. The Morgan fingerprint density at radius 3 is 2.54 bits per heavy atom. The van der Waals surface area contributed by atoms with Gasteiger partial charge in [-0.25, -0.2) is 0 Å². The van der Waals surface area contributed by atoms with Crippen LogP contribution in [0.25, 0.3) is 0 Å². The lowest BCUT2D eigenvalue weighted by Crippen LogP contribution is -2.32. The Labute approximate surface area is 166 Å². The average Bonchev–Trinajstić information content (AvgIpc) is 3.20. The zero-order chi connectivity index (χ0) is 19.8. The second kappa shape index (κ2) is 7.30. The van der Waals surface area contributed by atoms with E-state index >= 15 is 0 Å². The summed E-state index contributed by atoms with van der Waals surface area (Å²) < 4.78 is 11.2. The maximum atomic E-state index is 13.0. The first-order valence-electron chi connectivity index (χ1n) is 9.69. The summed E-state index contributed by atoms with van der Waals surface area (Å²) in [5.74, 6) is 1.87. The van der Waals surface area contributed by atoms with Crippen molar-refractivity contribution in [2.75, 3.05) is 20.8 Å². The first-order valence-corrected chi connectivity index (χ1v) is 9.69. The van der Waals surface area contributed by atoms with Crippen molar-refractivity contribution in [3.8, 4) is 11.5 Å². The topological polar surface area (TPSA) is 51.1 Å². The van der Waals surface area contributed by atoms with Crippen molar-refractivity contribution in [1.29, 1.82) is 0 Å². The van der Waals surface area contributed by atoms with Gasteiger partial charge in [0.1, 0.15) is 11.5 Å². The number of rotatable bonds is 5. The number of hydrogen-bond donors (Lipinski definition) is 0. The van der Waals surface area contributed by atoms with Crippen LogP contribution in [0.3, 0.4) is 0 Å². The lowest BCUT2D eigenvalue weighted by molar-refractivity contribution is -0.131. The van der Waals surface area contributed by atoms with Crippen LogP contribution in [-0.2, 0) is 4.79 Å². The smallest absolute Gasteiger partial charge is 0.226 e. The van der Waals surface area contributed by atoms with Gasteiger partial charge in [-0.2, -0.15) is 0 Å². The van der Waals surface area contributed by atoms with Gasteiger partial charge in [0.05, 0.1) is 31.5 Å². The predicted octanol–water partition coefficient (Wildman–Crippen LogP) is 4.08. The van der Waals surface area contributed by atoms with E-state index in [1.807, 2.05) is 36.9 Å². The lowest BCUT2D eigenvalue weighted by Gasteiger charge is -2.29. The maximum Gasteiger partial charge on any atom is 0.226 e. The molecule has 0 spiro atoms. The largest absolute Gasteiger partial charge is 0.496 e. The van der Waals surface area contributed by atoms with Gasteiger partial charge < -0.3 is 14.4 Å². The van der Waals surface area contributed by atoms with Crippen molar-refractivity contribution >= 4 is 11.6 Å². The molecule has 1 saturated heterocycles. The van der Waals surface area contributed by atoms with E-state index in [0.717, 1.165) is 40.5 Å².